The number of carbonyl (C=O) groups is 2. The van der Waals surface area contributed by atoms with E-state index in [0.717, 1.165) is 11.8 Å². The highest BCUT2D eigenvalue weighted by molar-refractivity contribution is 8.13. The number of hydrogen-bond acceptors (Lipinski definition) is 6. The highest BCUT2D eigenvalue weighted by Gasteiger charge is 2.28. The molecule has 0 rings (SSSR count). The van der Waals surface area contributed by atoms with Gasteiger partial charge in [-0.05, 0) is 20.1 Å². The van der Waals surface area contributed by atoms with E-state index in [1.54, 1.807) is 20.1 Å². The minimum Gasteiger partial charge on any atom is -0.449 e. The van der Waals surface area contributed by atoms with Gasteiger partial charge in [-0.1, -0.05) is 11.8 Å². The average Bonchev–Trinajstić information content (AvgIpc) is 2.18. The van der Waals surface area contributed by atoms with E-state index in [4.69, 9.17) is 5.41 Å². The molecule has 0 atom stereocenters. The van der Waals surface area contributed by atoms with E-state index in [1.165, 1.54) is 0 Å². The predicted octanol–water partition coefficient (Wildman–Crippen LogP) is 1.90. The number of thioether (sulfide) groups is 1. The Balaban J connectivity index is 4.64. The molecule has 0 bridgehead atoms. The summed E-state index contributed by atoms with van der Waals surface area (Å²) in [6.07, 6.45) is -0.209. The van der Waals surface area contributed by atoms with Crippen LogP contribution in [0.4, 0.5) is 9.59 Å². The number of nitrogens with zero attached hydrogens (tertiary/aromatic N) is 1. The summed E-state index contributed by atoms with van der Waals surface area (Å²) in [4.78, 5) is 23.2. The van der Waals surface area contributed by atoms with E-state index in [0.29, 0.717) is 4.90 Å². The van der Waals surface area contributed by atoms with E-state index in [9.17, 15) is 9.59 Å². The molecule has 86 valence electrons. The van der Waals surface area contributed by atoms with E-state index >= 15 is 0 Å². The summed E-state index contributed by atoms with van der Waals surface area (Å²) >= 11 is 0.949. The molecule has 6 nitrogen and oxygen atoms in total. The maximum Gasteiger partial charge on any atom is 0.425 e. The lowest BCUT2D eigenvalue weighted by atomic mass is 10.7. The van der Waals surface area contributed by atoms with Crippen LogP contribution in [0.2, 0.25) is 0 Å². The fourth-order valence-electron chi connectivity index (χ4n) is 0.708. The van der Waals surface area contributed by atoms with Crippen molar-refractivity contribution in [3.63, 3.8) is 0 Å². The van der Waals surface area contributed by atoms with Crippen molar-refractivity contribution >= 4 is 29.1 Å². The monoisotopic (exact) mass is 234 g/mol. The van der Waals surface area contributed by atoms with Gasteiger partial charge in [0, 0.05) is 0 Å². The first-order valence-corrected chi connectivity index (χ1v) is 5.57. The van der Waals surface area contributed by atoms with Crippen LogP contribution in [-0.2, 0) is 9.47 Å². The zero-order chi connectivity index (χ0) is 11.8. The second kappa shape index (κ2) is 7.10. The third-order valence-corrected chi connectivity index (χ3v) is 1.87. The van der Waals surface area contributed by atoms with Gasteiger partial charge in [0.1, 0.15) is 0 Å². The number of imide groups is 1. The Bertz CT molecular complexity index is 239. The third-order valence-electron chi connectivity index (χ3n) is 1.30. The van der Waals surface area contributed by atoms with Crippen LogP contribution < -0.4 is 0 Å². The van der Waals surface area contributed by atoms with Gasteiger partial charge in [0.2, 0.25) is 0 Å². The van der Waals surface area contributed by atoms with E-state index in [-0.39, 0.29) is 18.4 Å². The van der Waals surface area contributed by atoms with Gasteiger partial charge >= 0.3 is 12.2 Å². The van der Waals surface area contributed by atoms with Crippen molar-refractivity contribution in [3.8, 4) is 0 Å². The largest absolute Gasteiger partial charge is 0.449 e. The van der Waals surface area contributed by atoms with Crippen molar-refractivity contribution in [2.24, 2.45) is 0 Å². The second-order valence-corrected chi connectivity index (χ2v) is 3.04. The summed E-state index contributed by atoms with van der Waals surface area (Å²) in [7, 11) is 0. The van der Waals surface area contributed by atoms with Crippen LogP contribution in [0.5, 0.6) is 0 Å². The smallest absolute Gasteiger partial charge is 0.425 e. The molecule has 0 aromatic carbocycles. The molecule has 7 heteroatoms. The van der Waals surface area contributed by atoms with Crippen LogP contribution in [0.3, 0.4) is 0 Å². The van der Waals surface area contributed by atoms with Gasteiger partial charge in [-0.15, -0.1) is 0 Å². The van der Waals surface area contributed by atoms with Crippen molar-refractivity contribution in [1.82, 2.24) is 4.90 Å². The fourth-order valence-corrected chi connectivity index (χ4v) is 1.04. The molecular formula is C8H14N2O4S. The van der Waals surface area contributed by atoms with Crippen LogP contribution in [0.15, 0.2) is 0 Å². The first-order chi connectivity index (χ1) is 7.08. The minimum atomic E-state index is -0.893. The summed E-state index contributed by atoms with van der Waals surface area (Å²) in [6, 6.07) is 0. The predicted molar refractivity (Wildman–Crippen MR) is 57.1 cm³/mol. The Morgan fingerprint density at radius 2 is 1.60 bits per heavy atom. The van der Waals surface area contributed by atoms with Crippen LogP contribution in [-0.4, -0.2) is 41.7 Å². The molecule has 0 aromatic rings. The SMILES string of the molecule is CCOC(=O)N(C(=N)SC)C(=O)OCC. The topological polar surface area (TPSA) is 79.7 Å². The maximum atomic E-state index is 11.3. The minimum absolute atomic E-state index is 0.135. The number of carbonyl (C=O) groups excluding carboxylic acids is 2. The lowest BCUT2D eigenvalue weighted by molar-refractivity contribution is 0.102. The quantitative estimate of drug-likeness (QED) is 0.583. The zero-order valence-corrected chi connectivity index (χ0v) is 9.72. The van der Waals surface area contributed by atoms with Gasteiger partial charge in [0.15, 0.2) is 5.17 Å². The molecular weight excluding hydrogens is 220 g/mol. The number of ether oxygens (including phenoxy) is 2. The molecule has 0 aliphatic carbocycles. The zero-order valence-electron chi connectivity index (χ0n) is 8.90. The van der Waals surface area contributed by atoms with Gasteiger partial charge in [-0.3, -0.25) is 5.41 Å². The highest BCUT2D eigenvalue weighted by Crippen LogP contribution is 2.07. The van der Waals surface area contributed by atoms with E-state index in [1.807, 2.05) is 0 Å². The highest BCUT2D eigenvalue weighted by atomic mass is 32.2. The van der Waals surface area contributed by atoms with Gasteiger partial charge in [0.05, 0.1) is 13.2 Å². The average molecular weight is 234 g/mol. The fraction of sp³-hybridized carbons (Fsp3) is 0.625. The maximum absolute atomic E-state index is 11.3. The van der Waals surface area contributed by atoms with Crippen molar-refractivity contribution in [2.75, 3.05) is 19.5 Å². The van der Waals surface area contributed by atoms with Crippen molar-refractivity contribution < 1.29 is 19.1 Å². The molecule has 0 radical (unpaired) electrons. The summed E-state index contributed by atoms with van der Waals surface area (Å²) in [5.41, 5.74) is 0. The molecule has 15 heavy (non-hydrogen) atoms. The van der Waals surface area contributed by atoms with Gasteiger partial charge < -0.3 is 9.47 Å². The summed E-state index contributed by atoms with van der Waals surface area (Å²) in [5.74, 6) is 0. The van der Waals surface area contributed by atoms with Crippen molar-refractivity contribution in [3.05, 3.63) is 0 Å². The van der Waals surface area contributed by atoms with Gasteiger partial charge in [-0.25, -0.2) is 9.59 Å². The molecule has 0 aliphatic rings. The molecule has 0 saturated heterocycles. The van der Waals surface area contributed by atoms with Crippen LogP contribution >= 0.6 is 11.8 Å². The lowest BCUT2D eigenvalue weighted by Crippen LogP contribution is -2.40. The molecule has 0 heterocycles. The molecule has 2 amide bonds. The Morgan fingerprint density at radius 3 is 1.87 bits per heavy atom. The summed E-state index contributed by atoms with van der Waals surface area (Å²) in [6.45, 7) is 3.50. The van der Waals surface area contributed by atoms with Crippen LogP contribution in [0.1, 0.15) is 13.8 Å². The molecule has 0 unspecified atom stereocenters. The molecule has 0 spiro atoms. The standard InChI is InChI=1S/C8H14N2O4S/c1-4-13-7(11)10(6(9)15-3)8(12)14-5-2/h9H,4-5H2,1-3H3. The Hall–Kier alpha value is -1.24. The van der Waals surface area contributed by atoms with Gasteiger partial charge in [-0.2, -0.15) is 4.90 Å². The van der Waals surface area contributed by atoms with Crippen molar-refractivity contribution in [2.45, 2.75) is 13.8 Å². The van der Waals surface area contributed by atoms with Crippen molar-refractivity contribution in [1.29, 1.82) is 5.41 Å². The number of amidine groups is 1. The summed E-state index contributed by atoms with van der Waals surface area (Å²) in [5, 5.41) is 7.17. The second-order valence-electron chi connectivity index (χ2n) is 2.24. The first kappa shape index (κ1) is 13.8. The van der Waals surface area contributed by atoms with E-state index < -0.39 is 12.2 Å². The molecule has 0 saturated carbocycles. The summed E-state index contributed by atoms with van der Waals surface area (Å²) < 4.78 is 9.25. The normalized spacial score (nSPS) is 9.27. The van der Waals surface area contributed by atoms with Crippen LogP contribution in [0, 0.1) is 5.41 Å². The Labute approximate surface area is 92.4 Å². The number of rotatable bonds is 2. The number of hydrogen-bond donors (Lipinski definition) is 1. The number of nitrogens with one attached hydrogen (secondary N) is 1. The molecule has 0 fully saturated rings. The van der Waals surface area contributed by atoms with Gasteiger partial charge in [0.25, 0.3) is 0 Å². The lowest BCUT2D eigenvalue weighted by Gasteiger charge is -2.17. The Morgan fingerprint density at radius 1 is 1.20 bits per heavy atom. The molecule has 1 N–H and O–H groups in total. The molecule has 0 aliphatic heterocycles. The third kappa shape index (κ3) is 4.20. The first-order valence-electron chi connectivity index (χ1n) is 4.34. The Kier molecular flexibility index (Phi) is 6.52. The van der Waals surface area contributed by atoms with E-state index in [2.05, 4.69) is 9.47 Å². The van der Waals surface area contributed by atoms with Crippen LogP contribution in [0.25, 0.3) is 0 Å². The number of amides is 2. The molecule has 0 aromatic heterocycles.